The minimum absolute atomic E-state index is 0.00512. The third-order valence-corrected chi connectivity index (χ3v) is 5.15. The van der Waals surface area contributed by atoms with Crippen molar-refractivity contribution >= 4 is 17.5 Å². The van der Waals surface area contributed by atoms with Crippen LogP contribution < -0.4 is 9.47 Å². The Kier molecular flexibility index (Phi) is 6.56. The van der Waals surface area contributed by atoms with Gasteiger partial charge < -0.3 is 9.47 Å². The number of thioether (sulfide) groups is 1. The molecule has 1 atom stereocenters. The zero-order valence-corrected chi connectivity index (χ0v) is 16.4. The molecule has 5 nitrogen and oxygen atoms in total. The molecule has 0 aliphatic rings. The van der Waals surface area contributed by atoms with Crippen LogP contribution in [0.1, 0.15) is 25.0 Å². The molecule has 0 aliphatic heterocycles. The maximum atomic E-state index is 13.6. The fourth-order valence-electron chi connectivity index (χ4n) is 2.33. The molecule has 1 unspecified atom stereocenters. The summed E-state index contributed by atoms with van der Waals surface area (Å²) >= 11 is 0.821. The Hall–Kier alpha value is -2.73. The van der Waals surface area contributed by atoms with Gasteiger partial charge in [0, 0.05) is 5.56 Å². The molecular weight excluding hydrogens is 393 g/mol. The number of nitrogens with zero attached hydrogens (tertiary/aromatic N) is 2. The van der Waals surface area contributed by atoms with Crippen molar-refractivity contribution in [2.75, 3.05) is 14.2 Å². The molecule has 1 aromatic carbocycles. The van der Waals surface area contributed by atoms with Crippen LogP contribution in [0, 0.1) is 11.3 Å². The summed E-state index contributed by atoms with van der Waals surface area (Å²) in [4.78, 5) is 15.8. The Morgan fingerprint density at radius 3 is 2.36 bits per heavy atom. The summed E-state index contributed by atoms with van der Waals surface area (Å²) in [7, 11) is 2.85. The monoisotopic (exact) mass is 410 g/mol. The van der Waals surface area contributed by atoms with Gasteiger partial charge in [-0.05, 0) is 38.1 Å². The summed E-state index contributed by atoms with van der Waals surface area (Å²) in [6.45, 7) is 2.87. The Labute approximate surface area is 164 Å². The number of alkyl halides is 3. The Bertz CT molecular complexity index is 939. The Morgan fingerprint density at radius 2 is 1.86 bits per heavy atom. The fraction of sp³-hybridized carbons (Fsp3) is 0.316. The first-order chi connectivity index (χ1) is 13.1. The van der Waals surface area contributed by atoms with E-state index in [0.29, 0.717) is 17.1 Å². The molecule has 0 N–H and O–H groups in total. The number of ether oxygens (including phenoxy) is 2. The normalized spacial score (nSPS) is 12.2. The minimum atomic E-state index is -4.76. The van der Waals surface area contributed by atoms with E-state index in [1.807, 2.05) is 0 Å². The number of hydrogen-bond donors (Lipinski definition) is 0. The van der Waals surface area contributed by atoms with Crippen molar-refractivity contribution in [2.45, 2.75) is 30.3 Å². The van der Waals surface area contributed by atoms with Gasteiger partial charge in [0.15, 0.2) is 11.5 Å². The molecule has 1 heterocycles. The van der Waals surface area contributed by atoms with Crippen LogP contribution in [-0.2, 0) is 11.0 Å². The quantitative estimate of drug-likeness (QED) is 0.642. The number of aromatic nitrogens is 1. The van der Waals surface area contributed by atoms with Crippen molar-refractivity contribution < 1.29 is 27.4 Å². The zero-order chi connectivity index (χ0) is 21.1. The number of carbonyl (C=O) groups excluding carboxylic acids is 1. The molecule has 0 aliphatic carbocycles. The van der Waals surface area contributed by atoms with Gasteiger partial charge in [-0.2, -0.15) is 18.4 Å². The first kappa shape index (κ1) is 21.6. The number of pyridine rings is 1. The lowest BCUT2D eigenvalue weighted by Crippen LogP contribution is -2.13. The molecule has 0 spiro atoms. The predicted molar refractivity (Wildman–Crippen MR) is 98.5 cm³/mol. The topological polar surface area (TPSA) is 72.2 Å². The second-order valence-electron chi connectivity index (χ2n) is 5.79. The smallest absolute Gasteiger partial charge is 0.417 e. The van der Waals surface area contributed by atoms with Gasteiger partial charge in [0.2, 0.25) is 0 Å². The lowest BCUT2D eigenvalue weighted by molar-refractivity contribution is -0.138. The average molecular weight is 410 g/mol. The van der Waals surface area contributed by atoms with Crippen LogP contribution in [0.3, 0.4) is 0 Å². The van der Waals surface area contributed by atoms with E-state index in [-0.39, 0.29) is 16.5 Å². The SMILES string of the molecule is COc1ccc(-c2cc(C(F)(F)F)c(C#N)c(SC(C)C(C)=O)n2)cc1OC. The first-order valence-electron chi connectivity index (χ1n) is 8.04. The number of carbonyl (C=O) groups is 1. The maximum absolute atomic E-state index is 13.6. The van der Waals surface area contributed by atoms with E-state index in [4.69, 9.17) is 9.47 Å². The zero-order valence-electron chi connectivity index (χ0n) is 15.5. The minimum Gasteiger partial charge on any atom is -0.493 e. The molecule has 1 aromatic heterocycles. The van der Waals surface area contributed by atoms with Gasteiger partial charge in [-0.3, -0.25) is 4.79 Å². The van der Waals surface area contributed by atoms with Crippen molar-refractivity contribution in [3.05, 3.63) is 35.4 Å². The standard InChI is InChI=1S/C19H17F3N2O3S/c1-10(25)11(2)28-18-13(9-23)14(19(20,21)22)8-15(24-18)12-5-6-16(26-3)17(7-12)27-4/h5-8,11H,1-4H3. The predicted octanol–water partition coefficient (Wildman–Crippen LogP) is 4.73. The summed E-state index contributed by atoms with van der Waals surface area (Å²) in [5.74, 6) is 0.502. The molecule has 0 saturated heterocycles. The van der Waals surface area contributed by atoms with E-state index in [1.165, 1.54) is 27.2 Å². The van der Waals surface area contributed by atoms with Crippen LogP contribution in [0.2, 0.25) is 0 Å². The number of nitriles is 1. The van der Waals surface area contributed by atoms with Crippen LogP contribution in [0.4, 0.5) is 13.2 Å². The third-order valence-electron chi connectivity index (χ3n) is 3.94. The molecular formula is C19H17F3N2O3S. The highest BCUT2D eigenvalue weighted by Crippen LogP contribution is 2.40. The van der Waals surface area contributed by atoms with E-state index >= 15 is 0 Å². The van der Waals surface area contributed by atoms with Crippen molar-refractivity contribution in [1.29, 1.82) is 5.26 Å². The molecule has 0 saturated carbocycles. The molecule has 9 heteroatoms. The van der Waals surface area contributed by atoms with E-state index in [1.54, 1.807) is 25.1 Å². The molecule has 148 valence electrons. The summed E-state index contributed by atoms with van der Waals surface area (Å²) in [6, 6.07) is 6.98. The maximum Gasteiger partial charge on any atom is 0.417 e. The highest BCUT2D eigenvalue weighted by molar-refractivity contribution is 8.00. The largest absolute Gasteiger partial charge is 0.493 e. The summed E-state index contributed by atoms with van der Waals surface area (Å²) in [6.07, 6.45) is -4.76. The van der Waals surface area contributed by atoms with Crippen molar-refractivity contribution in [2.24, 2.45) is 0 Å². The molecule has 0 radical (unpaired) electrons. The number of halogens is 3. The van der Waals surface area contributed by atoms with Crippen LogP contribution in [0.15, 0.2) is 29.3 Å². The molecule has 2 rings (SSSR count). The van der Waals surface area contributed by atoms with Crippen molar-refractivity contribution in [3.8, 4) is 28.8 Å². The van der Waals surface area contributed by atoms with Gasteiger partial charge in [0.25, 0.3) is 0 Å². The van der Waals surface area contributed by atoms with Crippen LogP contribution in [0.25, 0.3) is 11.3 Å². The van der Waals surface area contributed by atoms with E-state index in [0.717, 1.165) is 17.8 Å². The fourth-order valence-corrected chi connectivity index (χ4v) is 3.26. The van der Waals surface area contributed by atoms with E-state index in [2.05, 4.69) is 4.98 Å². The molecule has 28 heavy (non-hydrogen) atoms. The number of Topliss-reactive ketones (excluding diaryl/α,β-unsaturated/α-hetero) is 1. The number of ketones is 1. The van der Waals surface area contributed by atoms with Crippen molar-refractivity contribution in [1.82, 2.24) is 4.98 Å². The van der Waals surface area contributed by atoms with Gasteiger partial charge in [-0.25, -0.2) is 4.98 Å². The van der Waals surface area contributed by atoms with E-state index in [9.17, 15) is 23.2 Å². The highest BCUT2D eigenvalue weighted by atomic mass is 32.2. The number of rotatable bonds is 6. The number of benzene rings is 1. The summed E-state index contributed by atoms with van der Waals surface area (Å²) in [5.41, 5.74) is -1.35. The van der Waals surface area contributed by atoms with Gasteiger partial charge in [0.1, 0.15) is 16.9 Å². The molecule has 0 amide bonds. The lowest BCUT2D eigenvalue weighted by atomic mass is 10.0. The van der Waals surface area contributed by atoms with Crippen LogP contribution in [-0.4, -0.2) is 30.2 Å². The number of hydrogen-bond acceptors (Lipinski definition) is 6. The second-order valence-corrected chi connectivity index (χ2v) is 7.11. The summed E-state index contributed by atoms with van der Waals surface area (Å²) in [5, 5.41) is 8.50. The van der Waals surface area contributed by atoms with Crippen molar-refractivity contribution in [3.63, 3.8) is 0 Å². The van der Waals surface area contributed by atoms with Gasteiger partial charge in [-0.15, -0.1) is 0 Å². The van der Waals surface area contributed by atoms with Gasteiger partial charge >= 0.3 is 6.18 Å². The molecule has 2 aromatic rings. The van der Waals surface area contributed by atoms with Crippen LogP contribution >= 0.6 is 11.8 Å². The highest BCUT2D eigenvalue weighted by Gasteiger charge is 2.36. The lowest BCUT2D eigenvalue weighted by Gasteiger charge is -2.16. The van der Waals surface area contributed by atoms with Gasteiger partial charge in [-0.1, -0.05) is 11.8 Å². The first-order valence-corrected chi connectivity index (χ1v) is 8.92. The molecule has 0 fully saturated rings. The Balaban J connectivity index is 2.72. The number of methoxy groups -OCH3 is 2. The Morgan fingerprint density at radius 1 is 1.21 bits per heavy atom. The third kappa shape index (κ3) is 4.57. The van der Waals surface area contributed by atoms with Gasteiger partial charge in [0.05, 0.1) is 36.3 Å². The van der Waals surface area contributed by atoms with Crippen LogP contribution in [0.5, 0.6) is 11.5 Å². The van der Waals surface area contributed by atoms with E-state index < -0.39 is 22.6 Å². The summed E-state index contributed by atoms with van der Waals surface area (Å²) < 4.78 is 51.0. The average Bonchev–Trinajstić information content (AvgIpc) is 2.65. The molecule has 0 bridgehead atoms. The second kappa shape index (κ2) is 8.52.